The van der Waals surface area contributed by atoms with Gasteiger partial charge in [-0.05, 0) is 29.5 Å². The number of carbonyl (C=O) groups is 1. The van der Waals surface area contributed by atoms with E-state index in [2.05, 4.69) is 0 Å². The third-order valence-electron chi connectivity index (χ3n) is 2.62. The highest BCUT2D eigenvalue weighted by atomic mass is 19.4. The van der Waals surface area contributed by atoms with Crippen LogP contribution in [0.25, 0.3) is 0 Å². The number of nitrogens with two attached hydrogens (primary N) is 1. The van der Waals surface area contributed by atoms with Gasteiger partial charge in [-0.15, -0.1) is 0 Å². The first-order valence-electron chi connectivity index (χ1n) is 5.55. The molecule has 1 aromatic carbocycles. The molecular formula is C13H16F3NO. The number of alkyl halides is 3. The Hall–Kier alpha value is -1.52. The molecule has 0 atom stereocenters. The number of hydrogen-bond donors (Lipinski definition) is 1. The summed E-state index contributed by atoms with van der Waals surface area (Å²) in [4.78, 5) is 10.9. The fourth-order valence-corrected chi connectivity index (χ4v) is 1.90. The van der Waals surface area contributed by atoms with E-state index in [0.717, 1.165) is 17.7 Å². The molecular weight excluding hydrogens is 243 g/mol. The van der Waals surface area contributed by atoms with Crippen LogP contribution in [0.4, 0.5) is 13.2 Å². The van der Waals surface area contributed by atoms with Crippen LogP contribution in [0.5, 0.6) is 0 Å². The smallest absolute Gasteiger partial charge is 0.370 e. The second kappa shape index (κ2) is 5.00. The largest absolute Gasteiger partial charge is 0.416 e. The highest BCUT2D eigenvalue weighted by Crippen LogP contribution is 2.31. The van der Waals surface area contributed by atoms with Gasteiger partial charge in [0.2, 0.25) is 5.91 Å². The maximum absolute atomic E-state index is 12.4. The minimum absolute atomic E-state index is 0.202. The molecule has 1 rings (SSSR count). The Balaban J connectivity index is 2.78. The first-order valence-corrected chi connectivity index (χ1v) is 5.55. The molecule has 0 bridgehead atoms. The van der Waals surface area contributed by atoms with E-state index in [9.17, 15) is 18.0 Å². The maximum Gasteiger partial charge on any atom is 0.416 e. The zero-order valence-electron chi connectivity index (χ0n) is 10.3. The molecule has 2 N–H and O–H groups in total. The Labute approximate surface area is 104 Å². The quantitative estimate of drug-likeness (QED) is 0.886. The third-order valence-corrected chi connectivity index (χ3v) is 2.62. The molecule has 0 saturated carbocycles. The second-order valence-corrected chi connectivity index (χ2v) is 5.18. The number of rotatable bonds is 4. The van der Waals surface area contributed by atoms with Gasteiger partial charge in [0.05, 0.1) is 5.56 Å². The molecule has 0 aliphatic carbocycles. The fraction of sp³-hybridized carbons (Fsp3) is 0.462. The molecule has 100 valence electrons. The Morgan fingerprint density at radius 3 is 2.06 bits per heavy atom. The summed E-state index contributed by atoms with van der Waals surface area (Å²) < 4.78 is 37.1. The summed E-state index contributed by atoms with van der Waals surface area (Å²) in [5.41, 5.74) is 4.86. The molecule has 0 radical (unpaired) electrons. The van der Waals surface area contributed by atoms with Crippen molar-refractivity contribution in [2.24, 2.45) is 11.1 Å². The van der Waals surface area contributed by atoms with Gasteiger partial charge < -0.3 is 5.73 Å². The van der Waals surface area contributed by atoms with Crippen molar-refractivity contribution in [2.75, 3.05) is 0 Å². The summed E-state index contributed by atoms with van der Waals surface area (Å²) in [5.74, 6) is -0.410. The van der Waals surface area contributed by atoms with Crippen LogP contribution in [0.2, 0.25) is 0 Å². The van der Waals surface area contributed by atoms with Gasteiger partial charge in [0.25, 0.3) is 0 Å². The van der Waals surface area contributed by atoms with E-state index in [1.807, 2.05) is 13.8 Å². The van der Waals surface area contributed by atoms with Crippen molar-refractivity contribution in [3.8, 4) is 0 Å². The average Bonchev–Trinajstić information content (AvgIpc) is 2.13. The van der Waals surface area contributed by atoms with Crippen molar-refractivity contribution >= 4 is 5.91 Å². The average molecular weight is 259 g/mol. The molecule has 18 heavy (non-hydrogen) atoms. The first-order chi connectivity index (χ1) is 8.10. The number of amides is 1. The Morgan fingerprint density at radius 2 is 1.67 bits per heavy atom. The lowest BCUT2D eigenvalue weighted by atomic mass is 9.82. The van der Waals surface area contributed by atoms with Crippen molar-refractivity contribution in [3.05, 3.63) is 35.4 Å². The standard InChI is InChI=1S/C13H16F3NO/c1-12(2,8-11(17)18)7-9-3-5-10(6-4-9)13(14,15)16/h3-6H,7-8H2,1-2H3,(H2,17,18). The van der Waals surface area contributed by atoms with Crippen LogP contribution in [0.1, 0.15) is 31.4 Å². The summed E-state index contributed by atoms with van der Waals surface area (Å²) in [7, 11) is 0. The van der Waals surface area contributed by atoms with Crippen molar-refractivity contribution < 1.29 is 18.0 Å². The Morgan fingerprint density at radius 1 is 1.17 bits per heavy atom. The van der Waals surface area contributed by atoms with E-state index < -0.39 is 17.6 Å². The van der Waals surface area contributed by atoms with Gasteiger partial charge in [0.1, 0.15) is 0 Å². The van der Waals surface area contributed by atoms with Crippen molar-refractivity contribution in [1.82, 2.24) is 0 Å². The van der Waals surface area contributed by atoms with Gasteiger partial charge in [-0.25, -0.2) is 0 Å². The normalized spacial score (nSPS) is 12.5. The van der Waals surface area contributed by atoms with Crippen LogP contribution < -0.4 is 5.73 Å². The summed E-state index contributed by atoms with van der Waals surface area (Å²) >= 11 is 0. The van der Waals surface area contributed by atoms with Gasteiger partial charge in [0.15, 0.2) is 0 Å². The van der Waals surface area contributed by atoms with Crippen LogP contribution in [-0.2, 0) is 17.4 Å². The van der Waals surface area contributed by atoms with Gasteiger partial charge in [-0.3, -0.25) is 4.79 Å². The van der Waals surface area contributed by atoms with Gasteiger partial charge in [-0.2, -0.15) is 13.2 Å². The minimum Gasteiger partial charge on any atom is -0.370 e. The number of hydrogen-bond acceptors (Lipinski definition) is 1. The zero-order valence-corrected chi connectivity index (χ0v) is 10.3. The SMILES string of the molecule is CC(C)(CC(N)=O)Cc1ccc(C(F)(F)F)cc1. The number of halogens is 3. The lowest BCUT2D eigenvalue weighted by Crippen LogP contribution is -2.24. The predicted octanol–water partition coefficient (Wildman–Crippen LogP) is 3.15. The number of benzene rings is 1. The molecule has 1 aromatic rings. The van der Waals surface area contributed by atoms with E-state index >= 15 is 0 Å². The van der Waals surface area contributed by atoms with Crippen LogP contribution in [-0.4, -0.2) is 5.91 Å². The van der Waals surface area contributed by atoms with E-state index in [0.29, 0.717) is 6.42 Å². The summed E-state index contributed by atoms with van der Waals surface area (Å²) in [6, 6.07) is 4.97. The van der Waals surface area contributed by atoms with Gasteiger partial charge >= 0.3 is 6.18 Å². The zero-order chi connectivity index (χ0) is 14.0. The van der Waals surface area contributed by atoms with E-state index in [4.69, 9.17) is 5.73 Å². The van der Waals surface area contributed by atoms with E-state index in [1.54, 1.807) is 0 Å². The van der Waals surface area contributed by atoms with Crippen molar-refractivity contribution in [2.45, 2.75) is 32.9 Å². The highest BCUT2D eigenvalue weighted by Gasteiger charge is 2.30. The van der Waals surface area contributed by atoms with E-state index in [-0.39, 0.29) is 11.8 Å². The molecule has 0 unspecified atom stereocenters. The molecule has 0 fully saturated rings. The predicted molar refractivity (Wildman–Crippen MR) is 62.7 cm³/mol. The van der Waals surface area contributed by atoms with Crippen LogP contribution in [0.15, 0.2) is 24.3 Å². The lowest BCUT2D eigenvalue weighted by Gasteiger charge is -2.23. The molecule has 2 nitrogen and oxygen atoms in total. The molecule has 5 heteroatoms. The first kappa shape index (κ1) is 14.5. The molecule has 0 spiro atoms. The maximum atomic E-state index is 12.4. The monoisotopic (exact) mass is 259 g/mol. The summed E-state index contributed by atoms with van der Waals surface area (Å²) in [5, 5.41) is 0. The summed E-state index contributed by atoms with van der Waals surface area (Å²) in [6.07, 6.45) is -3.61. The number of primary amides is 1. The Bertz CT molecular complexity index is 421. The van der Waals surface area contributed by atoms with Gasteiger partial charge in [-0.1, -0.05) is 26.0 Å². The molecule has 0 aliphatic rings. The van der Waals surface area contributed by atoms with Gasteiger partial charge in [0, 0.05) is 6.42 Å². The van der Waals surface area contributed by atoms with Crippen molar-refractivity contribution in [1.29, 1.82) is 0 Å². The van der Waals surface area contributed by atoms with Crippen LogP contribution >= 0.6 is 0 Å². The number of carbonyl (C=O) groups excluding carboxylic acids is 1. The van der Waals surface area contributed by atoms with Crippen molar-refractivity contribution in [3.63, 3.8) is 0 Å². The van der Waals surface area contributed by atoms with Crippen LogP contribution in [0, 0.1) is 5.41 Å². The third kappa shape index (κ3) is 4.39. The molecule has 0 aliphatic heterocycles. The molecule has 1 amide bonds. The molecule has 0 heterocycles. The highest BCUT2D eigenvalue weighted by molar-refractivity contribution is 5.74. The summed E-state index contributed by atoms with van der Waals surface area (Å²) in [6.45, 7) is 3.71. The molecule has 0 saturated heterocycles. The van der Waals surface area contributed by atoms with E-state index in [1.165, 1.54) is 12.1 Å². The fourth-order valence-electron chi connectivity index (χ4n) is 1.90. The van der Waals surface area contributed by atoms with Crippen LogP contribution in [0.3, 0.4) is 0 Å². The molecule has 0 aromatic heterocycles. The Kier molecular flexibility index (Phi) is 4.04. The minimum atomic E-state index is -4.32. The lowest BCUT2D eigenvalue weighted by molar-refractivity contribution is -0.137. The second-order valence-electron chi connectivity index (χ2n) is 5.18. The topological polar surface area (TPSA) is 43.1 Å².